The fourth-order valence-electron chi connectivity index (χ4n) is 3.61. The number of carbonyl (C=O) groups excluding carboxylic acids is 1. The van der Waals surface area contributed by atoms with E-state index in [1.807, 2.05) is 6.07 Å². The molecule has 0 amide bonds. The molecule has 1 aliphatic carbocycles. The van der Waals surface area contributed by atoms with Gasteiger partial charge in [0.2, 0.25) is 0 Å². The molecular weight excluding hydrogens is 360 g/mol. The Kier molecular flexibility index (Phi) is 6.54. The van der Waals surface area contributed by atoms with Crippen molar-refractivity contribution in [3.63, 3.8) is 0 Å². The summed E-state index contributed by atoms with van der Waals surface area (Å²) >= 11 is 0. The van der Waals surface area contributed by atoms with E-state index in [1.54, 1.807) is 62.6 Å². The quantitative estimate of drug-likeness (QED) is 0.743. The zero-order chi connectivity index (χ0) is 20.1. The SMILES string of the molecule is COc1ccc(O[C@@H]2CC(CO)[C@@H](O)[C@H](C)C2OC(=O)c2ccccc2)cc1. The molecule has 2 N–H and O–H groups in total. The van der Waals surface area contributed by atoms with Crippen LogP contribution in [0.15, 0.2) is 54.6 Å². The second-order valence-corrected chi connectivity index (χ2v) is 7.10. The fraction of sp³-hybridized carbons (Fsp3) is 0.409. The highest BCUT2D eigenvalue weighted by Gasteiger charge is 2.45. The van der Waals surface area contributed by atoms with Gasteiger partial charge in [0, 0.05) is 18.4 Å². The third kappa shape index (κ3) is 4.46. The summed E-state index contributed by atoms with van der Waals surface area (Å²) in [5, 5.41) is 20.2. The second-order valence-electron chi connectivity index (χ2n) is 7.10. The van der Waals surface area contributed by atoms with Gasteiger partial charge in [-0.15, -0.1) is 0 Å². The highest BCUT2D eigenvalue weighted by molar-refractivity contribution is 5.89. The van der Waals surface area contributed by atoms with Crippen LogP contribution in [0.4, 0.5) is 0 Å². The molecule has 0 heterocycles. The molecule has 0 aromatic heterocycles. The molecule has 3 rings (SSSR count). The van der Waals surface area contributed by atoms with E-state index in [-0.39, 0.29) is 18.4 Å². The second kappa shape index (κ2) is 9.08. The third-order valence-corrected chi connectivity index (χ3v) is 5.28. The Labute approximate surface area is 164 Å². The summed E-state index contributed by atoms with van der Waals surface area (Å²) in [6.45, 7) is 1.65. The van der Waals surface area contributed by atoms with Gasteiger partial charge in [-0.2, -0.15) is 0 Å². The molecule has 28 heavy (non-hydrogen) atoms. The topological polar surface area (TPSA) is 85.2 Å². The van der Waals surface area contributed by atoms with Crippen LogP contribution in [-0.2, 0) is 4.74 Å². The van der Waals surface area contributed by atoms with Crippen LogP contribution in [0.3, 0.4) is 0 Å². The summed E-state index contributed by atoms with van der Waals surface area (Å²) in [7, 11) is 1.59. The van der Waals surface area contributed by atoms with Gasteiger partial charge < -0.3 is 24.4 Å². The largest absolute Gasteiger partial charge is 0.497 e. The number of aliphatic hydroxyl groups is 2. The lowest BCUT2D eigenvalue weighted by atomic mass is 9.76. The number of rotatable bonds is 6. The first-order chi connectivity index (χ1) is 13.5. The third-order valence-electron chi connectivity index (χ3n) is 5.28. The maximum Gasteiger partial charge on any atom is 0.338 e. The van der Waals surface area contributed by atoms with Gasteiger partial charge in [0.1, 0.15) is 23.7 Å². The minimum Gasteiger partial charge on any atom is -0.497 e. The van der Waals surface area contributed by atoms with Crippen molar-refractivity contribution in [2.24, 2.45) is 11.8 Å². The van der Waals surface area contributed by atoms with E-state index in [9.17, 15) is 15.0 Å². The first-order valence-corrected chi connectivity index (χ1v) is 9.39. The Bertz CT molecular complexity index is 760. The summed E-state index contributed by atoms with van der Waals surface area (Å²) in [5.41, 5.74) is 0.441. The van der Waals surface area contributed by atoms with E-state index >= 15 is 0 Å². The van der Waals surface area contributed by atoms with E-state index in [0.717, 1.165) is 0 Å². The Morgan fingerprint density at radius 1 is 1.07 bits per heavy atom. The van der Waals surface area contributed by atoms with Crippen LogP contribution >= 0.6 is 0 Å². The van der Waals surface area contributed by atoms with Crippen molar-refractivity contribution < 1.29 is 29.2 Å². The maximum absolute atomic E-state index is 12.6. The van der Waals surface area contributed by atoms with Crippen LogP contribution in [0.25, 0.3) is 0 Å². The molecule has 2 unspecified atom stereocenters. The molecule has 0 radical (unpaired) electrons. The van der Waals surface area contributed by atoms with Crippen molar-refractivity contribution in [1.82, 2.24) is 0 Å². The van der Waals surface area contributed by atoms with E-state index in [0.29, 0.717) is 23.5 Å². The molecule has 2 aromatic rings. The van der Waals surface area contributed by atoms with E-state index in [4.69, 9.17) is 14.2 Å². The molecule has 0 bridgehead atoms. The Morgan fingerprint density at radius 3 is 2.32 bits per heavy atom. The van der Waals surface area contributed by atoms with Gasteiger partial charge >= 0.3 is 5.97 Å². The summed E-state index contributed by atoms with van der Waals surface area (Å²) < 4.78 is 17.0. The number of methoxy groups -OCH3 is 1. The monoisotopic (exact) mass is 386 g/mol. The highest BCUT2D eigenvalue weighted by atomic mass is 16.6. The molecular formula is C22H26O6. The Morgan fingerprint density at radius 2 is 1.71 bits per heavy atom. The summed E-state index contributed by atoms with van der Waals surface area (Å²) in [6.07, 6.45) is -1.54. The van der Waals surface area contributed by atoms with Gasteiger partial charge in [0.15, 0.2) is 0 Å². The minimum atomic E-state index is -0.783. The Balaban J connectivity index is 1.80. The van der Waals surface area contributed by atoms with Crippen LogP contribution < -0.4 is 9.47 Å². The number of benzene rings is 2. The molecule has 0 spiro atoms. The lowest BCUT2D eigenvalue weighted by Crippen LogP contribution is -2.53. The summed E-state index contributed by atoms with van der Waals surface area (Å²) in [5.74, 6) is 0.120. The van der Waals surface area contributed by atoms with Gasteiger partial charge in [-0.3, -0.25) is 0 Å². The van der Waals surface area contributed by atoms with Crippen molar-refractivity contribution >= 4 is 5.97 Å². The number of carbonyl (C=O) groups is 1. The number of hydrogen-bond acceptors (Lipinski definition) is 6. The van der Waals surface area contributed by atoms with Crippen LogP contribution in [-0.4, -0.2) is 48.2 Å². The Hall–Kier alpha value is -2.57. The standard InChI is InChI=1S/C22H26O6/c1-14-20(24)16(13-23)12-19(27-18-10-8-17(26-2)9-11-18)21(14)28-22(25)15-6-4-3-5-7-15/h3-11,14,16,19-21,23-24H,12-13H2,1-2H3/t14-,16?,19+,20-,21?/m0/s1. The fourth-order valence-corrected chi connectivity index (χ4v) is 3.61. The lowest BCUT2D eigenvalue weighted by molar-refractivity contribution is -0.120. The van der Waals surface area contributed by atoms with E-state index in [1.165, 1.54) is 0 Å². The molecule has 1 aliphatic rings. The summed E-state index contributed by atoms with van der Waals surface area (Å²) in [6, 6.07) is 15.8. The average molecular weight is 386 g/mol. The van der Waals surface area contributed by atoms with E-state index < -0.39 is 24.3 Å². The average Bonchev–Trinajstić information content (AvgIpc) is 2.74. The molecule has 2 aromatic carbocycles. The highest BCUT2D eigenvalue weighted by Crippen LogP contribution is 2.35. The van der Waals surface area contributed by atoms with Gasteiger partial charge in [-0.05, 0) is 42.8 Å². The number of ether oxygens (including phenoxy) is 3. The van der Waals surface area contributed by atoms with Crippen LogP contribution in [0.1, 0.15) is 23.7 Å². The maximum atomic E-state index is 12.6. The number of esters is 1. The normalized spacial score (nSPS) is 27.1. The van der Waals surface area contributed by atoms with Crippen LogP contribution in [0.5, 0.6) is 11.5 Å². The molecule has 5 atom stereocenters. The number of aliphatic hydroxyl groups excluding tert-OH is 2. The van der Waals surface area contributed by atoms with Crippen molar-refractivity contribution in [2.45, 2.75) is 31.7 Å². The lowest BCUT2D eigenvalue weighted by Gasteiger charge is -2.42. The molecule has 1 saturated carbocycles. The first-order valence-electron chi connectivity index (χ1n) is 9.39. The van der Waals surface area contributed by atoms with Crippen LogP contribution in [0.2, 0.25) is 0 Å². The zero-order valence-electron chi connectivity index (χ0n) is 16.0. The first kappa shape index (κ1) is 20.2. The molecule has 6 heteroatoms. The van der Waals surface area contributed by atoms with Crippen molar-refractivity contribution in [3.05, 3.63) is 60.2 Å². The molecule has 0 aliphatic heterocycles. The molecule has 150 valence electrons. The molecule has 1 fully saturated rings. The number of hydrogen-bond donors (Lipinski definition) is 2. The van der Waals surface area contributed by atoms with Crippen molar-refractivity contribution in [1.29, 1.82) is 0 Å². The van der Waals surface area contributed by atoms with Gasteiger partial charge in [-0.25, -0.2) is 4.79 Å². The molecule has 0 saturated heterocycles. The van der Waals surface area contributed by atoms with E-state index in [2.05, 4.69) is 0 Å². The van der Waals surface area contributed by atoms with Gasteiger partial charge in [-0.1, -0.05) is 25.1 Å². The summed E-state index contributed by atoms with van der Waals surface area (Å²) in [4.78, 5) is 12.6. The predicted octanol–water partition coefficient (Wildman–Crippen LogP) is 2.68. The van der Waals surface area contributed by atoms with Gasteiger partial charge in [0.25, 0.3) is 0 Å². The van der Waals surface area contributed by atoms with Crippen molar-refractivity contribution in [2.75, 3.05) is 13.7 Å². The zero-order valence-corrected chi connectivity index (χ0v) is 16.0. The van der Waals surface area contributed by atoms with Crippen LogP contribution in [0, 0.1) is 11.8 Å². The smallest absolute Gasteiger partial charge is 0.338 e. The van der Waals surface area contributed by atoms with Gasteiger partial charge in [0.05, 0.1) is 18.8 Å². The van der Waals surface area contributed by atoms with Crippen molar-refractivity contribution in [3.8, 4) is 11.5 Å². The molecule has 6 nitrogen and oxygen atoms in total. The minimum absolute atomic E-state index is 0.159. The predicted molar refractivity (Wildman–Crippen MR) is 103 cm³/mol.